The first-order chi connectivity index (χ1) is 14.1. The van der Waals surface area contributed by atoms with Crippen LogP contribution in [0.25, 0.3) is 5.69 Å². The number of aliphatic imine (C=N–C) groups is 1. The molecule has 0 amide bonds. The van der Waals surface area contributed by atoms with Gasteiger partial charge in [-0.3, -0.25) is 9.89 Å². The van der Waals surface area contributed by atoms with E-state index in [1.165, 1.54) is 44.2 Å². The third-order valence-electron chi connectivity index (χ3n) is 6.30. The summed E-state index contributed by atoms with van der Waals surface area (Å²) in [6, 6.07) is 11.8. The lowest BCUT2D eigenvalue weighted by Gasteiger charge is -2.24. The second-order valence-electron chi connectivity index (χ2n) is 8.46. The van der Waals surface area contributed by atoms with E-state index in [0.717, 1.165) is 35.6 Å². The van der Waals surface area contributed by atoms with Gasteiger partial charge in [0.2, 0.25) is 0 Å². The van der Waals surface area contributed by atoms with Crippen molar-refractivity contribution in [2.24, 2.45) is 4.99 Å². The van der Waals surface area contributed by atoms with Crippen LogP contribution in [0.5, 0.6) is 0 Å². The predicted molar refractivity (Wildman–Crippen MR) is 134 cm³/mol. The number of hydrogen-bond acceptors (Lipinski definition) is 3. The van der Waals surface area contributed by atoms with E-state index in [0.29, 0.717) is 12.6 Å². The summed E-state index contributed by atoms with van der Waals surface area (Å²) in [5.41, 5.74) is 4.51. The standard InChI is InChI=1S/C23H34N6.HI/c1-17-14-18(2)29(27-17)22-11-7-4-8-19(22)15-25-23(24-3)26-20-12-13-28(16-20)21-9-5-6-10-21;/h4,7-8,11,14,20-21H,5-6,9-10,12-13,15-16H2,1-3H3,(H2,24,25,26);1H. The van der Waals surface area contributed by atoms with Crippen molar-refractivity contribution in [3.8, 4) is 5.69 Å². The highest BCUT2D eigenvalue weighted by Gasteiger charge is 2.30. The zero-order chi connectivity index (χ0) is 20.2. The Hall–Kier alpha value is -1.61. The second kappa shape index (κ2) is 10.6. The van der Waals surface area contributed by atoms with Gasteiger partial charge in [0, 0.05) is 44.5 Å². The molecule has 2 heterocycles. The van der Waals surface area contributed by atoms with Crippen LogP contribution in [0.1, 0.15) is 49.1 Å². The van der Waals surface area contributed by atoms with Crippen molar-refractivity contribution in [1.82, 2.24) is 25.3 Å². The van der Waals surface area contributed by atoms with E-state index in [2.05, 4.69) is 62.9 Å². The fourth-order valence-corrected chi connectivity index (χ4v) is 4.81. The van der Waals surface area contributed by atoms with Gasteiger partial charge < -0.3 is 10.6 Å². The van der Waals surface area contributed by atoms with E-state index in [1.807, 2.05) is 18.7 Å². The number of para-hydroxylation sites is 1. The topological polar surface area (TPSA) is 57.5 Å². The van der Waals surface area contributed by atoms with Crippen LogP contribution in [0, 0.1) is 13.8 Å². The minimum atomic E-state index is 0. The summed E-state index contributed by atoms with van der Waals surface area (Å²) >= 11 is 0. The Labute approximate surface area is 197 Å². The van der Waals surface area contributed by atoms with Crippen LogP contribution in [0.2, 0.25) is 0 Å². The number of likely N-dealkylation sites (tertiary alicyclic amines) is 1. The molecule has 6 nitrogen and oxygen atoms in total. The van der Waals surface area contributed by atoms with Crippen LogP contribution in [0.4, 0.5) is 0 Å². The van der Waals surface area contributed by atoms with Crippen LogP contribution in [0.3, 0.4) is 0 Å². The molecule has 1 aliphatic heterocycles. The molecule has 0 spiro atoms. The number of benzene rings is 1. The number of rotatable bonds is 5. The van der Waals surface area contributed by atoms with E-state index < -0.39 is 0 Å². The van der Waals surface area contributed by atoms with Gasteiger partial charge in [-0.25, -0.2) is 4.68 Å². The Balaban J connectivity index is 0.00000256. The molecule has 2 N–H and O–H groups in total. The Bertz CT molecular complexity index is 855. The summed E-state index contributed by atoms with van der Waals surface area (Å²) in [6.45, 7) is 7.19. The number of nitrogens with zero attached hydrogens (tertiary/aromatic N) is 4. The molecule has 7 heteroatoms. The van der Waals surface area contributed by atoms with Crippen molar-refractivity contribution in [3.63, 3.8) is 0 Å². The summed E-state index contributed by atoms with van der Waals surface area (Å²) in [5, 5.41) is 11.8. The monoisotopic (exact) mass is 522 g/mol. The third-order valence-corrected chi connectivity index (χ3v) is 6.30. The van der Waals surface area contributed by atoms with Crippen molar-refractivity contribution < 1.29 is 0 Å². The van der Waals surface area contributed by atoms with Crippen LogP contribution < -0.4 is 10.6 Å². The van der Waals surface area contributed by atoms with Gasteiger partial charge >= 0.3 is 0 Å². The van der Waals surface area contributed by atoms with E-state index in [4.69, 9.17) is 0 Å². The van der Waals surface area contributed by atoms with Gasteiger partial charge in [0.05, 0.1) is 11.4 Å². The Morgan fingerprint density at radius 3 is 2.63 bits per heavy atom. The van der Waals surface area contributed by atoms with Crippen LogP contribution in [-0.4, -0.2) is 52.9 Å². The maximum atomic E-state index is 4.66. The van der Waals surface area contributed by atoms with Crippen molar-refractivity contribution in [2.75, 3.05) is 20.1 Å². The molecule has 164 valence electrons. The lowest BCUT2D eigenvalue weighted by atomic mass is 10.1. The second-order valence-corrected chi connectivity index (χ2v) is 8.46. The highest BCUT2D eigenvalue weighted by atomic mass is 127. The van der Waals surface area contributed by atoms with Crippen molar-refractivity contribution in [3.05, 3.63) is 47.3 Å². The Morgan fingerprint density at radius 2 is 1.93 bits per heavy atom. The van der Waals surface area contributed by atoms with Crippen LogP contribution >= 0.6 is 24.0 Å². The highest BCUT2D eigenvalue weighted by Crippen LogP contribution is 2.26. The van der Waals surface area contributed by atoms with Crippen LogP contribution in [0.15, 0.2) is 35.3 Å². The Morgan fingerprint density at radius 1 is 1.17 bits per heavy atom. The van der Waals surface area contributed by atoms with Gasteiger partial charge in [0.15, 0.2) is 5.96 Å². The molecule has 2 aliphatic rings. The number of hydrogen-bond donors (Lipinski definition) is 2. The van der Waals surface area contributed by atoms with Gasteiger partial charge in [0.1, 0.15) is 0 Å². The average Bonchev–Trinajstić information content (AvgIpc) is 3.46. The minimum absolute atomic E-state index is 0. The summed E-state index contributed by atoms with van der Waals surface area (Å²) in [5.74, 6) is 0.881. The number of aromatic nitrogens is 2. The molecule has 1 unspecified atom stereocenters. The van der Waals surface area contributed by atoms with E-state index >= 15 is 0 Å². The highest BCUT2D eigenvalue weighted by molar-refractivity contribution is 14.0. The van der Waals surface area contributed by atoms with Gasteiger partial charge in [-0.15, -0.1) is 24.0 Å². The van der Waals surface area contributed by atoms with Crippen LogP contribution in [-0.2, 0) is 6.54 Å². The molecular weight excluding hydrogens is 487 g/mol. The fourth-order valence-electron chi connectivity index (χ4n) is 4.81. The predicted octanol–water partition coefficient (Wildman–Crippen LogP) is 3.79. The molecule has 0 radical (unpaired) electrons. The third kappa shape index (κ3) is 5.35. The number of halogens is 1. The minimum Gasteiger partial charge on any atom is -0.352 e. The zero-order valence-electron chi connectivity index (χ0n) is 18.4. The van der Waals surface area contributed by atoms with Crippen molar-refractivity contribution >= 4 is 29.9 Å². The van der Waals surface area contributed by atoms with E-state index in [1.54, 1.807) is 0 Å². The fraction of sp³-hybridized carbons (Fsp3) is 0.565. The molecular formula is C23H35IN6. The first-order valence-corrected chi connectivity index (χ1v) is 11.0. The molecule has 0 bridgehead atoms. The molecule has 1 saturated heterocycles. The van der Waals surface area contributed by atoms with E-state index in [-0.39, 0.29) is 24.0 Å². The lowest BCUT2D eigenvalue weighted by Crippen LogP contribution is -2.45. The molecule has 1 aliphatic carbocycles. The van der Waals surface area contributed by atoms with Crippen molar-refractivity contribution in [2.45, 2.75) is 64.6 Å². The maximum absolute atomic E-state index is 4.66. The quantitative estimate of drug-likeness (QED) is 0.357. The SMILES string of the molecule is CN=C(NCc1ccccc1-n1nc(C)cc1C)NC1CCN(C2CCCC2)C1.I. The normalized spacial score (nSPS) is 20.4. The molecule has 30 heavy (non-hydrogen) atoms. The summed E-state index contributed by atoms with van der Waals surface area (Å²) in [4.78, 5) is 7.14. The lowest BCUT2D eigenvalue weighted by molar-refractivity contribution is 0.242. The van der Waals surface area contributed by atoms with E-state index in [9.17, 15) is 0 Å². The Kier molecular flexibility index (Phi) is 8.16. The molecule has 1 aromatic carbocycles. The summed E-state index contributed by atoms with van der Waals surface area (Å²) in [6.07, 6.45) is 6.75. The largest absolute Gasteiger partial charge is 0.352 e. The smallest absolute Gasteiger partial charge is 0.191 e. The van der Waals surface area contributed by atoms with Gasteiger partial charge in [-0.1, -0.05) is 31.0 Å². The van der Waals surface area contributed by atoms with Gasteiger partial charge in [-0.05, 0) is 50.8 Å². The first-order valence-electron chi connectivity index (χ1n) is 11.0. The van der Waals surface area contributed by atoms with Crippen molar-refractivity contribution in [1.29, 1.82) is 0 Å². The van der Waals surface area contributed by atoms with Gasteiger partial charge in [0.25, 0.3) is 0 Å². The first kappa shape index (κ1) is 23.1. The number of nitrogens with one attached hydrogen (secondary N) is 2. The molecule has 2 fully saturated rings. The molecule has 1 aromatic heterocycles. The average molecular weight is 522 g/mol. The number of aryl methyl sites for hydroxylation is 2. The summed E-state index contributed by atoms with van der Waals surface area (Å²) in [7, 11) is 1.85. The number of guanidine groups is 1. The summed E-state index contributed by atoms with van der Waals surface area (Å²) < 4.78 is 2.03. The molecule has 2 aromatic rings. The molecule has 1 saturated carbocycles. The zero-order valence-corrected chi connectivity index (χ0v) is 20.7. The molecule has 1 atom stereocenters. The maximum Gasteiger partial charge on any atom is 0.191 e. The molecule has 4 rings (SSSR count). The van der Waals surface area contributed by atoms with Gasteiger partial charge in [-0.2, -0.15) is 5.10 Å².